The smallest absolute Gasteiger partial charge is 0.339 e. The molecule has 108 valence electrons. The highest BCUT2D eigenvalue weighted by atomic mass is 35.5. The monoisotopic (exact) mass is 329 g/mol. The lowest BCUT2D eigenvalue weighted by Gasteiger charge is -2.08. The zero-order valence-corrected chi connectivity index (χ0v) is 11.8. The SMILES string of the molecule is N#Cc1cc(S(=O)(=O)Oc2ccc(F)cc2Cl)ccc1F. The first-order chi connectivity index (χ1) is 9.83. The van der Waals surface area contributed by atoms with Crippen LogP contribution in [0.25, 0.3) is 0 Å². The largest absolute Gasteiger partial charge is 0.377 e. The van der Waals surface area contributed by atoms with Crippen LogP contribution >= 0.6 is 11.6 Å². The minimum Gasteiger partial charge on any atom is -0.377 e. The van der Waals surface area contributed by atoms with E-state index in [1.165, 1.54) is 6.07 Å². The first-order valence-corrected chi connectivity index (χ1v) is 7.21. The van der Waals surface area contributed by atoms with Crippen LogP contribution in [0.4, 0.5) is 8.78 Å². The van der Waals surface area contributed by atoms with E-state index in [-0.39, 0.29) is 10.8 Å². The molecule has 4 nitrogen and oxygen atoms in total. The number of benzene rings is 2. The van der Waals surface area contributed by atoms with Crippen LogP contribution in [0.2, 0.25) is 5.02 Å². The lowest BCUT2D eigenvalue weighted by Crippen LogP contribution is -2.10. The van der Waals surface area contributed by atoms with Gasteiger partial charge in [-0.1, -0.05) is 11.6 Å². The summed E-state index contributed by atoms with van der Waals surface area (Å²) in [4.78, 5) is -0.416. The molecular weight excluding hydrogens is 324 g/mol. The summed E-state index contributed by atoms with van der Waals surface area (Å²) < 4.78 is 54.8. The molecule has 0 saturated heterocycles. The second-order valence-electron chi connectivity index (χ2n) is 3.87. The van der Waals surface area contributed by atoms with Crippen molar-refractivity contribution in [1.29, 1.82) is 5.26 Å². The van der Waals surface area contributed by atoms with Crippen LogP contribution < -0.4 is 4.18 Å². The van der Waals surface area contributed by atoms with Crippen LogP contribution in [0, 0.1) is 23.0 Å². The molecule has 0 N–H and O–H groups in total. The fourth-order valence-electron chi connectivity index (χ4n) is 1.45. The zero-order valence-electron chi connectivity index (χ0n) is 10.2. The van der Waals surface area contributed by atoms with Gasteiger partial charge in [0.25, 0.3) is 0 Å². The summed E-state index contributed by atoms with van der Waals surface area (Å²) in [5.41, 5.74) is -0.440. The molecule has 0 saturated carbocycles. The number of nitrogens with zero attached hydrogens (tertiary/aromatic N) is 1. The van der Waals surface area contributed by atoms with E-state index >= 15 is 0 Å². The van der Waals surface area contributed by atoms with Crippen molar-refractivity contribution in [2.75, 3.05) is 0 Å². The quantitative estimate of drug-likeness (QED) is 0.811. The van der Waals surface area contributed by atoms with Gasteiger partial charge in [0.1, 0.15) is 22.6 Å². The number of nitriles is 1. The van der Waals surface area contributed by atoms with Gasteiger partial charge in [-0.2, -0.15) is 13.7 Å². The topological polar surface area (TPSA) is 67.2 Å². The van der Waals surface area contributed by atoms with Crippen molar-refractivity contribution in [2.24, 2.45) is 0 Å². The molecule has 2 aromatic rings. The minimum absolute atomic E-state index is 0.235. The third-order valence-corrected chi connectivity index (χ3v) is 3.97. The predicted molar refractivity (Wildman–Crippen MR) is 70.3 cm³/mol. The second kappa shape index (κ2) is 5.68. The van der Waals surface area contributed by atoms with E-state index in [0.717, 1.165) is 36.4 Å². The summed E-state index contributed by atoms with van der Waals surface area (Å²) in [5, 5.41) is 8.45. The Morgan fingerprint density at radius 3 is 2.48 bits per heavy atom. The third kappa shape index (κ3) is 3.29. The summed E-state index contributed by atoms with van der Waals surface area (Å²) in [7, 11) is -4.32. The molecule has 0 fully saturated rings. The Balaban J connectivity index is 2.41. The molecule has 0 bridgehead atoms. The van der Waals surface area contributed by atoms with Crippen LogP contribution in [-0.4, -0.2) is 8.42 Å². The van der Waals surface area contributed by atoms with E-state index in [2.05, 4.69) is 0 Å². The van der Waals surface area contributed by atoms with Crippen molar-refractivity contribution >= 4 is 21.7 Å². The number of hydrogen-bond acceptors (Lipinski definition) is 4. The first kappa shape index (κ1) is 15.2. The highest BCUT2D eigenvalue weighted by Gasteiger charge is 2.20. The number of rotatable bonds is 3. The van der Waals surface area contributed by atoms with Crippen molar-refractivity contribution in [1.82, 2.24) is 0 Å². The van der Waals surface area contributed by atoms with Gasteiger partial charge in [-0.3, -0.25) is 0 Å². The third-order valence-electron chi connectivity index (χ3n) is 2.44. The van der Waals surface area contributed by atoms with E-state index in [0.29, 0.717) is 0 Å². The maximum Gasteiger partial charge on any atom is 0.339 e. The maximum absolute atomic E-state index is 13.2. The van der Waals surface area contributed by atoms with E-state index in [9.17, 15) is 17.2 Å². The maximum atomic E-state index is 13.2. The van der Waals surface area contributed by atoms with E-state index < -0.39 is 32.2 Å². The molecule has 0 radical (unpaired) electrons. The molecule has 0 atom stereocenters. The predicted octanol–water partition coefficient (Wildman–Crippen LogP) is 3.26. The van der Waals surface area contributed by atoms with Crippen molar-refractivity contribution < 1.29 is 21.4 Å². The van der Waals surface area contributed by atoms with Crippen LogP contribution in [-0.2, 0) is 10.1 Å². The Hall–Kier alpha value is -2.17. The normalized spacial score (nSPS) is 11.0. The molecule has 2 rings (SSSR count). The van der Waals surface area contributed by atoms with Crippen LogP contribution in [0.1, 0.15) is 5.56 Å². The Labute approximate surface area is 124 Å². The van der Waals surface area contributed by atoms with Gasteiger partial charge in [0.15, 0.2) is 5.75 Å². The number of hydrogen-bond donors (Lipinski definition) is 0. The molecule has 0 spiro atoms. The molecular formula is C13H6ClF2NO3S. The minimum atomic E-state index is -4.32. The van der Waals surface area contributed by atoms with Crippen LogP contribution in [0.3, 0.4) is 0 Å². The summed E-state index contributed by atoms with van der Waals surface area (Å²) in [6.45, 7) is 0. The highest BCUT2D eigenvalue weighted by molar-refractivity contribution is 7.87. The number of halogens is 3. The van der Waals surface area contributed by atoms with Crippen LogP contribution in [0.15, 0.2) is 41.3 Å². The van der Waals surface area contributed by atoms with Gasteiger partial charge >= 0.3 is 10.1 Å². The first-order valence-electron chi connectivity index (χ1n) is 5.42. The molecule has 0 heterocycles. The Morgan fingerprint density at radius 2 is 1.86 bits per heavy atom. The summed E-state index contributed by atoms with van der Waals surface area (Å²) >= 11 is 5.67. The average Bonchev–Trinajstić information content (AvgIpc) is 2.42. The molecule has 8 heteroatoms. The standard InChI is InChI=1S/C13H6ClF2NO3S/c14-11-6-9(15)1-4-13(11)20-21(18,19)10-2-3-12(16)8(5-10)7-17/h1-6H. The molecule has 0 aromatic heterocycles. The Morgan fingerprint density at radius 1 is 1.14 bits per heavy atom. The van der Waals surface area contributed by atoms with Gasteiger partial charge in [-0.15, -0.1) is 0 Å². The van der Waals surface area contributed by atoms with Crippen molar-refractivity contribution in [2.45, 2.75) is 4.90 Å². The van der Waals surface area contributed by atoms with Gasteiger partial charge in [0.05, 0.1) is 10.6 Å². The second-order valence-corrected chi connectivity index (χ2v) is 5.82. The molecule has 0 unspecified atom stereocenters. The zero-order chi connectivity index (χ0) is 15.6. The Bertz CT molecular complexity index is 847. The fraction of sp³-hybridized carbons (Fsp3) is 0. The van der Waals surface area contributed by atoms with E-state index in [4.69, 9.17) is 21.0 Å². The highest BCUT2D eigenvalue weighted by Crippen LogP contribution is 2.28. The lowest BCUT2D eigenvalue weighted by atomic mass is 10.2. The van der Waals surface area contributed by atoms with Gasteiger partial charge in [0, 0.05) is 0 Å². The summed E-state index contributed by atoms with van der Waals surface area (Å²) in [6.07, 6.45) is 0. The van der Waals surface area contributed by atoms with Gasteiger partial charge in [0.2, 0.25) is 0 Å². The summed E-state index contributed by atoms with van der Waals surface area (Å²) in [5.74, 6) is -1.78. The molecule has 0 aliphatic rings. The average molecular weight is 330 g/mol. The van der Waals surface area contributed by atoms with Crippen molar-refractivity contribution in [3.63, 3.8) is 0 Å². The van der Waals surface area contributed by atoms with E-state index in [1.54, 1.807) is 0 Å². The molecule has 2 aromatic carbocycles. The van der Waals surface area contributed by atoms with Crippen LogP contribution in [0.5, 0.6) is 5.75 Å². The van der Waals surface area contributed by atoms with Gasteiger partial charge in [-0.05, 0) is 36.4 Å². The van der Waals surface area contributed by atoms with Crippen molar-refractivity contribution in [3.8, 4) is 11.8 Å². The fourth-order valence-corrected chi connectivity index (χ4v) is 2.68. The van der Waals surface area contributed by atoms with E-state index in [1.807, 2.05) is 0 Å². The Kier molecular flexibility index (Phi) is 4.11. The molecule has 21 heavy (non-hydrogen) atoms. The molecule has 0 amide bonds. The van der Waals surface area contributed by atoms with Gasteiger partial charge < -0.3 is 4.18 Å². The lowest BCUT2D eigenvalue weighted by molar-refractivity contribution is 0.484. The van der Waals surface area contributed by atoms with Crippen molar-refractivity contribution in [3.05, 3.63) is 58.6 Å². The molecule has 0 aliphatic carbocycles. The summed E-state index contributed by atoms with van der Waals surface area (Å²) in [6, 6.07) is 7.04. The molecule has 0 aliphatic heterocycles. The van der Waals surface area contributed by atoms with Gasteiger partial charge in [-0.25, -0.2) is 8.78 Å².